The van der Waals surface area contributed by atoms with Crippen molar-refractivity contribution in [2.75, 3.05) is 34.4 Å². The molecule has 0 saturated carbocycles. The van der Waals surface area contributed by atoms with Gasteiger partial charge in [0.2, 0.25) is 5.91 Å². The Bertz CT molecular complexity index is 532. The maximum atomic E-state index is 12.1. The maximum absolute atomic E-state index is 12.1. The summed E-state index contributed by atoms with van der Waals surface area (Å²) in [6.45, 7) is 2.29. The number of carbonyl (C=O) groups is 2. The number of carbonyl (C=O) groups excluding carboxylic acids is 2. The first kappa shape index (κ1) is 17.3. The molecule has 0 radical (unpaired) electrons. The van der Waals surface area contributed by atoms with Crippen molar-refractivity contribution in [2.45, 2.75) is 6.92 Å². The van der Waals surface area contributed by atoms with Gasteiger partial charge in [-0.25, -0.2) is 0 Å². The van der Waals surface area contributed by atoms with E-state index in [0.29, 0.717) is 28.1 Å². The highest BCUT2D eigenvalue weighted by Crippen LogP contribution is 2.36. The lowest BCUT2D eigenvalue weighted by atomic mass is 10.2. The molecule has 6 nitrogen and oxygen atoms in total. The molecule has 0 aliphatic rings. The minimum absolute atomic E-state index is 0.0566. The van der Waals surface area contributed by atoms with Gasteiger partial charge < -0.3 is 19.7 Å². The molecule has 0 aliphatic heterocycles. The highest BCUT2D eigenvalue weighted by molar-refractivity contribution is 9.10. The van der Waals surface area contributed by atoms with Gasteiger partial charge in [0.25, 0.3) is 5.91 Å². The number of hydrogen-bond acceptors (Lipinski definition) is 4. The second-order valence-corrected chi connectivity index (χ2v) is 5.25. The standard InChI is InChI=1S/C14H19BrN2O4/c1-5-21-13-10(15)6-9(7-11(13)20-4)14(19)16-8-12(18)17(2)3/h6-7H,5,8H2,1-4H3,(H,16,19). The van der Waals surface area contributed by atoms with Crippen LogP contribution >= 0.6 is 15.9 Å². The molecular formula is C14H19BrN2O4. The smallest absolute Gasteiger partial charge is 0.251 e. The topological polar surface area (TPSA) is 67.9 Å². The van der Waals surface area contributed by atoms with E-state index in [-0.39, 0.29) is 18.4 Å². The van der Waals surface area contributed by atoms with E-state index in [9.17, 15) is 9.59 Å². The molecule has 1 rings (SSSR count). The predicted molar refractivity (Wildman–Crippen MR) is 82.9 cm³/mol. The van der Waals surface area contributed by atoms with Crippen LogP contribution in [0.4, 0.5) is 0 Å². The minimum Gasteiger partial charge on any atom is -0.493 e. The van der Waals surface area contributed by atoms with Crippen LogP contribution in [-0.2, 0) is 4.79 Å². The number of ether oxygens (including phenoxy) is 2. The first-order valence-corrected chi connectivity index (χ1v) is 7.18. The van der Waals surface area contributed by atoms with E-state index >= 15 is 0 Å². The Kier molecular flexibility index (Phi) is 6.48. The monoisotopic (exact) mass is 358 g/mol. The van der Waals surface area contributed by atoms with Crippen molar-refractivity contribution in [1.82, 2.24) is 10.2 Å². The van der Waals surface area contributed by atoms with Gasteiger partial charge in [-0.05, 0) is 35.0 Å². The zero-order valence-electron chi connectivity index (χ0n) is 12.5. The Labute approximate surface area is 132 Å². The molecule has 0 aromatic heterocycles. The second kappa shape index (κ2) is 7.87. The Morgan fingerprint density at radius 3 is 2.52 bits per heavy atom. The Hall–Kier alpha value is -1.76. The summed E-state index contributed by atoms with van der Waals surface area (Å²) in [4.78, 5) is 24.9. The summed E-state index contributed by atoms with van der Waals surface area (Å²) in [5.41, 5.74) is 0.383. The molecule has 0 bridgehead atoms. The van der Waals surface area contributed by atoms with Crippen LogP contribution in [0.5, 0.6) is 11.5 Å². The van der Waals surface area contributed by atoms with Gasteiger partial charge >= 0.3 is 0 Å². The van der Waals surface area contributed by atoms with Crippen LogP contribution in [-0.4, -0.2) is 51.1 Å². The Morgan fingerprint density at radius 2 is 2.00 bits per heavy atom. The van der Waals surface area contributed by atoms with Gasteiger partial charge in [0.05, 0.1) is 24.7 Å². The van der Waals surface area contributed by atoms with Crippen LogP contribution in [0.2, 0.25) is 0 Å². The third-order valence-corrected chi connectivity index (χ3v) is 3.27. The number of amides is 2. The van der Waals surface area contributed by atoms with Crippen molar-refractivity contribution < 1.29 is 19.1 Å². The predicted octanol–water partition coefficient (Wildman–Crippen LogP) is 1.67. The van der Waals surface area contributed by atoms with Crippen LogP contribution in [0.25, 0.3) is 0 Å². The van der Waals surface area contributed by atoms with E-state index < -0.39 is 0 Å². The lowest BCUT2D eigenvalue weighted by Gasteiger charge is -2.14. The normalized spacial score (nSPS) is 9.95. The molecular weight excluding hydrogens is 340 g/mol. The van der Waals surface area contributed by atoms with E-state index in [1.54, 1.807) is 26.2 Å². The SMILES string of the molecule is CCOc1c(Br)cc(C(=O)NCC(=O)N(C)C)cc1OC. The molecule has 116 valence electrons. The van der Waals surface area contributed by atoms with Crippen molar-refractivity contribution in [3.05, 3.63) is 22.2 Å². The molecule has 0 spiro atoms. The van der Waals surface area contributed by atoms with Crippen molar-refractivity contribution in [1.29, 1.82) is 0 Å². The molecule has 1 N–H and O–H groups in total. The average Bonchev–Trinajstić information content (AvgIpc) is 2.45. The van der Waals surface area contributed by atoms with Crippen molar-refractivity contribution >= 4 is 27.7 Å². The number of benzene rings is 1. The Morgan fingerprint density at radius 1 is 1.33 bits per heavy atom. The molecule has 2 amide bonds. The quantitative estimate of drug-likeness (QED) is 0.839. The van der Waals surface area contributed by atoms with E-state index in [2.05, 4.69) is 21.2 Å². The van der Waals surface area contributed by atoms with E-state index in [4.69, 9.17) is 9.47 Å². The van der Waals surface area contributed by atoms with E-state index in [1.807, 2.05) is 6.92 Å². The fraction of sp³-hybridized carbons (Fsp3) is 0.429. The van der Waals surface area contributed by atoms with Crippen molar-refractivity contribution in [3.63, 3.8) is 0 Å². The highest BCUT2D eigenvalue weighted by atomic mass is 79.9. The van der Waals surface area contributed by atoms with Crippen LogP contribution in [0.3, 0.4) is 0 Å². The first-order chi connectivity index (χ1) is 9.90. The van der Waals surface area contributed by atoms with Gasteiger partial charge in [-0.1, -0.05) is 0 Å². The van der Waals surface area contributed by atoms with Gasteiger partial charge in [0.15, 0.2) is 11.5 Å². The summed E-state index contributed by atoms with van der Waals surface area (Å²) in [6.07, 6.45) is 0. The molecule has 21 heavy (non-hydrogen) atoms. The fourth-order valence-corrected chi connectivity index (χ4v) is 2.11. The molecule has 1 aromatic carbocycles. The van der Waals surface area contributed by atoms with Crippen LogP contribution in [0.15, 0.2) is 16.6 Å². The van der Waals surface area contributed by atoms with Crippen LogP contribution < -0.4 is 14.8 Å². The van der Waals surface area contributed by atoms with Crippen LogP contribution in [0.1, 0.15) is 17.3 Å². The number of halogens is 1. The molecule has 0 saturated heterocycles. The number of nitrogens with zero attached hydrogens (tertiary/aromatic N) is 1. The summed E-state index contributed by atoms with van der Waals surface area (Å²) < 4.78 is 11.3. The maximum Gasteiger partial charge on any atom is 0.251 e. The fourth-order valence-electron chi connectivity index (χ4n) is 1.55. The summed E-state index contributed by atoms with van der Waals surface area (Å²) in [7, 11) is 4.76. The third-order valence-electron chi connectivity index (χ3n) is 2.68. The number of hydrogen-bond donors (Lipinski definition) is 1. The lowest BCUT2D eigenvalue weighted by Crippen LogP contribution is -2.36. The average molecular weight is 359 g/mol. The highest BCUT2D eigenvalue weighted by Gasteiger charge is 2.16. The number of likely N-dealkylation sites (N-methyl/N-ethyl adjacent to an activating group) is 1. The summed E-state index contributed by atoms with van der Waals surface area (Å²) >= 11 is 3.35. The molecule has 0 atom stereocenters. The first-order valence-electron chi connectivity index (χ1n) is 6.39. The minimum atomic E-state index is -0.354. The van der Waals surface area contributed by atoms with Gasteiger partial charge in [-0.15, -0.1) is 0 Å². The molecule has 0 aliphatic carbocycles. The second-order valence-electron chi connectivity index (χ2n) is 4.39. The molecule has 7 heteroatoms. The van der Waals surface area contributed by atoms with Gasteiger partial charge in [0, 0.05) is 19.7 Å². The van der Waals surface area contributed by atoms with Crippen molar-refractivity contribution in [3.8, 4) is 11.5 Å². The van der Waals surface area contributed by atoms with Crippen molar-refractivity contribution in [2.24, 2.45) is 0 Å². The van der Waals surface area contributed by atoms with Gasteiger partial charge in [-0.2, -0.15) is 0 Å². The van der Waals surface area contributed by atoms with Gasteiger partial charge in [-0.3, -0.25) is 9.59 Å². The zero-order chi connectivity index (χ0) is 16.0. The largest absolute Gasteiger partial charge is 0.493 e. The molecule has 0 unspecified atom stereocenters. The van der Waals surface area contributed by atoms with Gasteiger partial charge in [0.1, 0.15) is 0 Å². The number of rotatable bonds is 6. The molecule has 1 aromatic rings. The summed E-state index contributed by atoms with van der Waals surface area (Å²) in [6, 6.07) is 3.20. The lowest BCUT2D eigenvalue weighted by molar-refractivity contribution is -0.127. The summed E-state index contributed by atoms with van der Waals surface area (Å²) in [5.74, 6) is 0.462. The zero-order valence-corrected chi connectivity index (χ0v) is 14.1. The third kappa shape index (κ3) is 4.63. The number of methoxy groups -OCH3 is 1. The van der Waals surface area contributed by atoms with Crippen LogP contribution in [0, 0.1) is 0 Å². The number of nitrogens with one attached hydrogen (secondary N) is 1. The molecule has 0 fully saturated rings. The summed E-state index contributed by atoms with van der Waals surface area (Å²) in [5, 5.41) is 2.56. The molecule has 0 heterocycles. The van der Waals surface area contributed by atoms with E-state index in [1.165, 1.54) is 12.0 Å². The van der Waals surface area contributed by atoms with E-state index in [0.717, 1.165) is 0 Å². The Balaban J connectivity index is 2.90.